The van der Waals surface area contributed by atoms with Crippen LogP contribution in [0.1, 0.15) is 49.3 Å². The van der Waals surface area contributed by atoms with E-state index in [-0.39, 0.29) is 23.9 Å². The molecule has 1 saturated carbocycles. The lowest BCUT2D eigenvalue weighted by atomic mass is 9.85. The zero-order chi connectivity index (χ0) is 16.1. The highest BCUT2D eigenvalue weighted by molar-refractivity contribution is 5.79. The maximum atomic E-state index is 12.0. The normalized spacial score (nSPS) is 19.6. The van der Waals surface area contributed by atoms with E-state index >= 15 is 0 Å². The molecule has 1 aromatic carbocycles. The molecule has 0 heterocycles. The molecule has 0 aliphatic heterocycles. The molecule has 0 aromatic heterocycles. The highest BCUT2D eigenvalue weighted by atomic mass is 16.2. The van der Waals surface area contributed by atoms with Gasteiger partial charge in [0.1, 0.15) is 0 Å². The fourth-order valence-corrected chi connectivity index (χ4v) is 3.23. The molecule has 2 aliphatic carbocycles. The highest BCUT2D eigenvalue weighted by Gasteiger charge is 2.25. The third-order valence-electron chi connectivity index (χ3n) is 4.85. The largest absolute Gasteiger partial charge is 0.356 e. The van der Waals surface area contributed by atoms with Crippen LogP contribution in [0, 0.1) is 5.92 Å². The first-order valence-corrected chi connectivity index (χ1v) is 8.64. The molecule has 1 fully saturated rings. The molecular weight excluding hydrogens is 290 g/mol. The maximum absolute atomic E-state index is 12.0. The quantitative estimate of drug-likeness (QED) is 0.705. The Hall–Kier alpha value is -2.04. The summed E-state index contributed by atoms with van der Waals surface area (Å²) in [4.78, 5) is 23.6. The molecule has 124 valence electrons. The summed E-state index contributed by atoms with van der Waals surface area (Å²) in [6.45, 7) is 1.20. The highest BCUT2D eigenvalue weighted by Crippen LogP contribution is 2.30. The number of carbonyl (C=O) groups excluding carboxylic acids is 2. The van der Waals surface area contributed by atoms with Gasteiger partial charge in [-0.25, -0.2) is 4.79 Å². The van der Waals surface area contributed by atoms with Crippen molar-refractivity contribution in [2.24, 2.45) is 5.92 Å². The number of urea groups is 1. The minimum atomic E-state index is -0.128. The van der Waals surface area contributed by atoms with Crippen molar-refractivity contribution >= 4 is 11.9 Å². The number of hydrogen-bond acceptors (Lipinski definition) is 2. The smallest absolute Gasteiger partial charge is 0.315 e. The van der Waals surface area contributed by atoms with Gasteiger partial charge >= 0.3 is 6.03 Å². The van der Waals surface area contributed by atoms with Gasteiger partial charge in [-0.3, -0.25) is 4.79 Å². The summed E-state index contributed by atoms with van der Waals surface area (Å²) < 4.78 is 0. The van der Waals surface area contributed by atoms with Gasteiger partial charge in [0.2, 0.25) is 5.91 Å². The fraction of sp³-hybridized carbons (Fsp3) is 0.556. The van der Waals surface area contributed by atoms with Gasteiger partial charge in [0.15, 0.2) is 0 Å². The molecule has 2 aliphatic rings. The van der Waals surface area contributed by atoms with E-state index in [2.05, 4.69) is 28.1 Å². The molecule has 0 unspecified atom stereocenters. The van der Waals surface area contributed by atoms with Crippen molar-refractivity contribution in [2.45, 2.75) is 44.6 Å². The summed E-state index contributed by atoms with van der Waals surface area (Å²) in [7, 11) is 0. The molecular formula is C18H25N3O2. The average Bonchev–Trinajstić information content (AvgIpc) is 2.88. The van der Waals surface area contributed by atoms with Crippen molar-refractivity contribution in [3.63, 3.8) is 0 Å². The van der Waals surface area contributed by atoms with E-state index in [4.69, 9.17) is 0 Å². The van der Waals surface area contributed by atoms with Gasteiger partial charge in [-0.1, -0.05) is 30.7 Å². The Labute approximate surface area is 137 Å². The summed E-state index contributed by atoms with van der Waals surface area (Å²) in [6, 6.07) is 8.26. The Morgan fingerprint density at radius 2 is 1.83 bits per heavy atom. The van der Waals surface area contributed by atoms with Crippen molar-refractivity contribution in [3.8, 4) is 0 Å². The van der Waals surface area contributed by atoms with E-state index < -0.39 is 0 Å². The van der Waals surface area contributed by atoms with E-state index in [1.54, 1.807) is 0 Å². The summed E-state index contributed by atoms with van der Waals surface area (Å²) in [5.41, 5.74) is 2.56. The van der Waals surface area contributed by atoms with Crippen LogP contribution in [0.5, 0.6) is 0 Å². The second-order valence-electron chi connectivity index (χ2n) is 6.46. The van der Waals surface area contributed by atoms with Crippen LogP contribution in [0.25, 0.3) is 0 Å². The average molecular weight is 315 g/mol. The zero-order valence-corrected chi connectivity index (χ0v) is 13.4. The number of benzene rings is 1. The Kier molecular flexibility index (Phi) is 5.16. The lowest BCUT2D eigenvalue weighted by molar-refractivity contribution is -0.127. The Balaban J connectivity index is 1.30. The van der Waals surface area contributed by atoms with E-state index in [1.807, 2.05) is 12.1 Å². The molecule has 0 saturated heterocycles. The Morgan fingerprint density at radius 3 is 2.61 bits per heavy atom. The maximum Gasteiger partial charge on any atom is 0.315 e. The van der Waals surface area contributed by atoms with Gasteiger partial charge in [0.25, 0.3) is 0 Å². The number of fused-ring (bicyclic) bond motifs is 1. The second kappa shape index (κ2) is 7.49. The van der Waals surface area contributed by atoms with Gasteiger partial charge in [-0.2, -0.15) is 0 Å². The zero-order valence-electron chi connectivity index (χ0n) is 13.4. The van der Waals surface area contributed by atoms with Gasteiger partial charge in [-0.05, 0) is 43.2 Å². The van der Waals surface area contributed by atoms with E-state index in [1.165, 1.54) is 17.5 Å². The summed E-state index contributed by atoms with van der Waals surface area (Å²) in [5.74, 6) is 0.400. The van der Waals surface area contributed by atoms with E-state index in [0.29, 0.717) is 13.1 Å². The van der Waals surface area contributed by atoms with Crippen LogP contribution in [0.3, 0.4) is 0 Å². The molecule has 0 bridgehead atoms. The lowest BCUT2D eigenvalue weighted by Crippen LogP contribution is -2.39. The summed E-state index contributed by atoms with van der Waals surface area (Å²) in [6.07, 6.45) is 5.96. The Morgan fingerprint density at radius 1 is 1.04 bits per heavy atom. The third kappa shape index (κ3) is 4.03. The van der Waals surface area contributed by atoms with Crippen LogP contribution in [-0.4, -0.2) is 25.0 Å². The second-order valence-corrected chi connectivity index (χ2v) is 6.46. The van der Waals surface area contributed by atoms with Crippen LogP contribution in [0.15, 0.2) is 24.3 Å². The molecule has 1 atom stereocenters. The van der Waals surface area contributed by atoms with Crippen molar-refractivity contribution in [1.82, 2.24) is 16.0 Å². The summed E-state index contributed by atoms with van der Waals surface area (Å²) in [5, 5.41) is 8.84. The van der Waals surface area contributed by atoms with E-state index in [9.17, 15) is 9.59 Å². The molecule has 23 heavy (non-hydrogen) atoms. The number of hydrogen-bond donors (Lipinski definition) is 3. The monoisotopic (exact) mass is 315 g/mol. The van der Waals surface area contributed by atoms with Crippen molar-refractivity contribution in [3.05, 3.63) is 35.4 Å². The van der Waals surface area contributed by atoms with E-state index in [0.717, 1.165) is 32.1 Å². The van der Waals surface area contributed by atoms with Gasteiger partial charge in [0, 0.05) is 19.0 Å². The van der Waals surface area contributed by atoms with Gasteiger partial charge in [0.05, 0.1) is 6.04 Å². The first-order chi connectivity index (χ1) is 11.2. The molecule has 0 radical (unpaired) electrons. The van der Waals surface area contributed by atoms with Crippen LogP contribution < -0.4 is 16.0 Å². The molecule has 3 N–H and O–H groups in total. The van der Waals surface area contributed by atoms with Crippen molar-refractivity contribution in [1.29, 1.82) is 0 Å². The topological polar surface area (TPSA) is 70.2 Å². The number of nitrogens with one attached hydrogen (secondary N) is 3. The molecule has 5 heteroatoms. The first-order valence-electron chi connectivity index (χ1n) is 8.64. The summed E-state index contributed by atoms with van der Waals surface area (Å²) >= 11 is 0. The predicted molar refractivity (Wildman–Crippen MR) is 89.0 cm³/mol. The minimum absolute atomic E-state index is 0.115. The predicted octanol–water partition coefficient (Wildman–Crippen LogP) is 2.28. The molecule has 1 aromatic rings. The van der Waals surface area contributed by atoms with Crippen LogP contribution >= 0.6 is 0 Å². The minimum Gasteiger partial charge on any atom is -0.356 e. The van der Waals surface area contributed by atoms with Crippen LogP contribution in [-0.2, 0) is 11.2 Å². The number of rotatable bonds is 6. The SMILES string of the molecule is O=C(NCCCNC(=O)C1CCC1)N[C@@H]1CCc2ccccc21. The molecule has 5 nitrogen and oxygen atoms in total. The molecule has 3 amide bonds. The number of aryl methyl sites for hydroxylation is 1. The first kappa shape index (κ1) is 15.8. The van der Waals surface area contributed by atoms with Crippen LogP contribution in [0.2, 0.25) is 0 Å². The lowest BCUT2D eigenvalue weighted by Gasteiger charge is -2.24. The fourth-order valence-electron chi connectivity index (χ4n) is 3.23. The molecule has 3 rings (SSSR count). The number of amides is 3. The molecule has 0 spiro atoms. The van der Waals surface area contributed by atoms with Gasteiger partial charge in [-0.15, -0.1) is 0 Å². The van der Waals surface area contributed by atoms with Crippen molar-refractivity contribution < 1.29 is 9.59 Å². The van der Waals surface area contributed by atoms with Crippen molar-refractivity contribution in [2.75, 3.05) is 13.1 Å². The Bertz CT molecular complexity index is 569. The third-order valence-corrected chi connectivity index (χ3v) is 4.85. The van der Waals surface area contributed by atoms with Crippen LogP contribution in [0.4, 0.5) is 4.79 Å². The number of carbonyl (C=O) groups is 2. The van der Waals surface area contributed by atoms with Gasteiger partial charge < -0.3 is 16.0 Å². The standard InChI is InChI=1S/C18H25N3O2/c22-17(14-6-3-7-14)19-11-4-12-20-18(23)21-16-10-9-13-5-1-2-8-15(13)16/h1-2,5,8,14,16H,3-4,6-7,9-12H2,(H,19,22)(H2,20,21,23)/t16-/m1/s1.